The number of halogens is 4. The van der Waals surface area contributed by atoms with Crippen molar-refractivity contribution in [3.05, 3.63) is 78.0 Å². The van der Waals surface area contributed by atoms with E-state index in [1.165, 1.54) is 48.1 Å². The molecular weight excluding hydrogens is 377 g/mol. The van der Waals surface area contributed by atoms with Gasteiger partial charge in [-0.1, -0.05) is 48.5 Å². The van der Waals surface area contributed by atoms with Crippen LogP contribution in [0.2, 0.25) is 0 Å². The zero-order valence-corrected chi connectivity index (χ0v) is 16.4. The average Bonchev–Trinajstić information content (AvgIpc) is 2.72. The summed E-state index contributed by atoms with van der Waals surface area (Å²) in [5.74, 6) is 0. The Balaban J connectivity index is 0.000000431. The van der Waals surface area contributed by atoms with Crippen LogP contribution in [-0.4, -0.2) is 7.25 Å². The number of fused-ring (bicyclic) bond motifs is 1. The predicted octanol–water partition coefficient (Wildman–Crippen LogP) is 6.51. The van der Waals surface area contributed by atoms with Gasteiger partial charge in [0.1, 0.15) is 6.54 Å². The van der Waals surface area contributed by atoms with Crippen molar-refractivity contribution in [2.24, 2.45) is 0 Å². The smallest absolute Gasteiger partial charge is 0.418 e. The van der Waals surface area contributed by atoms with Gasteiger partial charge in [-0.2, -0.15) is 4.57 Å². The Morgan fingerprint density at radius 1 is 0.793 bits per heavy atom. The fourth-order valence-corrected chi connectivity index (χ4v) is 4.01. The minimum atomic E-state index is -6.00. The Labute approximate surface area is 169 Å². The molecule has 1 heterocycles. The van der Waals surface area contributed by atoms with Crippen molar-refractivity contribution in [2.45, 2.75) is 39.2 Å². The number of rotatable bonds is 3. The lowest BCUT2D eigenvalue weighted by molar-refractivity contribution is -0.690. The van der Waals surface area contributed by atoms with Gasteiger partial charge in [0.05, 0.1) is 0 Å². The Kier molecular flexibility index (Phi) is 6.73. The molecule has 1 aliphatic carbocycles. The number of nitrogens with zero attached hydrogens (tertiary/aromatic N) is 1. The number of hydrogen-bond donors (Lipinski definition) is 0. The van der Waals surface area contributed by atoms with Crippen LogP contribution in [0.1, 0.15) is 31.0 Å². The fraction of sp³-hybridized carbons (Fsp3) is 0.261. The Bertz CT molecular complexity index is 877. The van der Waals surface area contributed by atoms with E-state index in [1.807, 2.05) is 0 Å². The third kappa shape index (κ3) is 5.46. The van der Waals surface area contributed by atoms with E-state index in [4.69, 9.17) is 0 Å². The van der Waals surface area contributed by atoms with Crippen molar-refractivity contribution in [1.82, 2.24) is 0 Å². The summed E-state index contributed by atoms with van der Waals surface area (Å²) in [7, 11) is -6.00. The first kappa shape index (κ1) is 21.1. The highest BCUT2D eigenvalue weighted by Crippen LogP contribution is 2.33. The van der Waals surface area contributed by atoms with Gasteiger partial charge in [-0.25, -0.2) is 0 Å². The lowest BCUT2D eigenvalue weighted by Crippen LogP contribution is -2.42. The quantitative estimate of drug-likeness (QED) is 0.268. The van der Waals surface area contributed by atoms with Crippen molar-refractivity contribution in [3.63, 3.8) is 0 Å². The first-order chi connectivity index (χ1) is 13.9. The summed E-state index contributed by atoms with van der Waals surface area (Å²) >= 11 is 0. The normalized spacial score (nSPS) is 13.3. The topological polar surface area (TPSA) is 3.88 Å². The van der Waals surface area contributed by atoms with Gasteiger partial charge in [-0.05, 0) is 49.4 Å². The van der Waals surface area contributed by atoms with Crippen molar-refractivity contribution in [1.29, 1.82) is 0 Å². The van der Waals surface area contributed by atoms with Gasteiger partial charge in [0.25, 0.3) is 0 Å². The first-order valence-corrected chi connectivity index (χ1v) is 9.95. The van der Waals surface area contributed by atoms with E-state index in [9.17, 15) is 17.3 Å². The molecular formula is C23H24BF4N. The largest absolute Gasteiger partial charge is 0.673 e. The molecule has 0 aliphatic heterocycles. The lowest BCUT2D eigenvalue weighted by Gasteiger charge is -2.20. The van der Waals surface area contributed by atoms with E-state index in [1.54, 1.807) is 11.3 Å². The molecule has 6 heteroatoms. The second kappa shape index (κ2) is 9.25. The van der Waals surface area contributed by atoms with Crippen LogP contribution in [0.4, 0.5) is 17.3 Å². The van der Waals surface area contributed by atoms with Crippen molar-refractivity contribution >= 4 is 7.25 Å². The predicted molar refractivity (Wildman–Crippen MR) is 110 cm³/mol. The van der Waals surface area contributed by atoms with Crippen molar-refractivity contribution in [3.8, 4) is 22.4 Å². The highest BCUT2D eigenvalue weighted by Gasteiger charge is 2.27. The Morgan fingerprint density at radius 2 is 1.31 bits per heavy atom. The molecule has 2 aromatic carbocycles. The molecule has 1 nitrogen and oxygen atoms in total. The summed E-state index contributed by atoms with van der Waals surface area (Å²) in [5, 5.41) is 0. The zero-order chi connectivity index (χ0) is 20.9. The molecule has 152 valence electrons. The summed E-state index contributed by atoms with van der Waals surface area (Å²) in [4.78, 5) is 0. The van der Waals surface area contributed by atoms with Crippen LogP contribution in [0.3, 0.4) is 0 Å². The van der Waals surface area contributed by atoms with Crippen LogP contribution in [0.15, 0.2) is 66.7 Å². The van der Waals surface area contributed by atoms with Crippen LogP contribution in [-0.2, 0) is 19.4 Å². The minimum Gasteiger partial charge on any atom is -0.418 e. The Morgan fingerprint density at radius 3 is 1.86 bits per heavy atom. The molecule has 0 atom stereocenters. The maximum absolute atomic E-state index is 9.75. The summed E-state index contributed by atoms with van der Waals surface area (Å²) in [5.41, 5.74) is 8.53. The molecule has 1 aliphatic rings. The van der Waals surface area contributed by atoms with Gasteiger partial charge in [-0.3, -0.25) is 0 Å². The molecule has 0 radical (unpaired) electrons. The molecule has 3 aromatic rings. The molecule has 0 fully saturated rings. The summed E-state index contributed by atoms with van der Waals surface area (Å²) in [6, 6.07) is 24.1. The molecule has 0 saturated heterocycles. The molecule has 0 spiro atoms. The van der Waals surface area contributed by atoms with E-state index in [-0.39, 0.29) is 0 Å². The number of hydrogen-bond acceptors (Lipinski definition) is 0. The standard InChI is InChI=1S/C23H24N.BF4/c1-2-24-22-16-10-9-15-20(22)21(18-11-5-3-6-12-18)17-23(24)19-13-7-4-8-14-19;2-1(3,4)5/h3-8,11-14,17H,2,9-10,15-16H2,1H3;/q+1;-1. The minimum absolute atomic E-state index is 1.03. The molecule has 0 bridgehead atoms. The second-order valence-corrected chi connectivity index (χ2v) is 7.05. The number of benzene rings is 2. The van der Waals surface area contributed by atoms with E-state index >= 15 is 0 Å². The zero-order valence-electron chi connectivity index (χ0n) is 16.4. The van der Waals surface area contributed by atoms with Crippen LogP contribution >= 0.6 is 0 Å². The summed E-state index contributed by atoms with van der Waals surface area (Å²) in [6.07, 6.45) is 5.01. The van der Waals surface area contributed by atoms with E-state index < -0.39 is 7.25 Å². The van der Waals surface area contributed by atoms with E-state index in [0.29, 0.717) is 0 Å². The lowest BCUT2D eigenvalue weighted by atomic mass is 9.87. The highest BCUT2D eigenvalue weighted by molar-refractivity contribution is 6.50. The highest BCUT2D eigenvalue weighted by atomic mass is 19.5. The van der Waals surface area contributed by atoms with E-state index in [0.717, 1.165) is 6.54 Å². The van der Waals surface area contributed by atoms with Gasteiger partial charge in [-0.15, -0.1) is 0 Å². The second-order valence-electron chi connectivity index (χ2n) is 7.05. The van der Waals surface area contributed by atoms with E-state index in [2.05, 4.69) is 78.2 Å². The first-order valence-electron chi connectivity index (χ1n) is 9.95. The maximum Gasteiger partial charge on any atom is 0.673 e. The van der Waals surface area contributed by atoms with Crippen LogP contribution < -0.4 is 4.57 Å². The fourth-order valence-electron chi connectivity index (χ4n) is 4.01. The maximum atomic E-state index is 9.75. The van der Waals surface area contributed by atoms with Gasteiger partial charge >= 0.3 is 7.25 Å². The summed E-state index contributed by atoms with van der Waals surface area (Å²) < 4.78 is 41.5. The van der Waals surface area contributed by atoms with Gasteiger partial charge in [0, 0.05) is 23.6 Å². The molecule has 0 N–H and O–H groups in total. The van der Waals surface area contributed by atoms with Gasteiger partial charge in [0.2, 0.25) is 5.69 Å². The van der Waals surface area contributed by atoms with Crippen molar-refractivity contribution < 1.29 is 21.8 Å². The molecule has 4 rings (SSSR count). The molecule has 0 saturated carbocycles. The number of aromatic nitrogens is 1. The van der Waals surface area contributed by atoms with Crippen LogP contribution in [0, 0.1) is 0 Å². The average molecular weight is 401 g/mol. The molecule has 0 unspecified atom stereocenters. The monoisotopic (exact) mass is 401 g/mol. The van der Waals surface area contributed by atoms with Gasteiger partial charge < -0.3 is 17.3 Å². The molecule has 1 aromatic heterocycles. The molecule has 29 heavy (non-hydrogen) atoms. The van der Waals surface area contributed by atoms with Crippen LogP contribution in [0.25, 0.3) is 22.4 Å². The third-order valence-electron chi connectivity index (χ3n) is 5.13. The SMILES string of the molecule is CC[n+]1c(-c2ccccc2)cc(-c2ccccc2)c2c1CCCC2.F[B-](F)(F)F. The van der Waals surface area contributed by atoms with Crippen molar-refractivity contribution in [2.75, 3.05) is 0 Å². The summed E-state index contributed by atoms with van der Waals surface area (Å²) in [6.45, 7) is 3.30. The third-order valence-corrected chi connectivity index (χ3v) is 5.13. The Hall–Kier alpha value is -2.63. The van der Waals surface area contributed by atoms with Crippen LogP contribution in [0.5, 0.6) is 0 Å². The molecule has 0 amide bonds. The number of pyridine rings is 1. The van der Waals surface area contributed by atoms with Gasteiger partial charge in [0.15, 0.2) is 5.69 Å².